The number of alkyl halides is 2. The molecule has 0 unspecified atom stereocenters. The van der Waals surface area contributed by atoms with E-state index in [4.69, 9.17) is 23.2 Å². The third-order valence-corrected chi connectivity index (χ3v) is 2.50. The van der Waals surface area contributed by atoms with E-state index in [1.54, 1.807) is 24.3 Å². The summed E-state index contributed by atoms with van der Waals surface area (Å²) in [7, 11) is 0. The van der Waals surface area contributed by atoms with E-state index in [1.807, 2.05) is 0 Å². The molecule has 88 valence electrons. The van der Waals surface area contributed by atoms with Crippen molar-refractivity contribution in [2.45, 2.75) is 6.43 Å². The molecule has 2 aromatic rings. The van der Waals surface area contributed by atoms with Gasteiger partial charge in [-0.05, 0) is 29.8 Å². The van der Waals surface area contributed by atoms with E-state index in [2.05, 4.69) is 9.97 Å². The third-order valence-electron chi connectivity index (χ3n) is 2.08. The zero-order valence-electron chi connectivity index (χ0n) is 8.37. The normalized spacial score (nSPS) is 10.9. The molecule has 1 heterocycles. The van der Waals surface area contributed by atoms with Crippen LogP contribution in [0.3, 0.4) is 0 Å². The van der Waals surface area contributed by atoms with Gasteiger partial charge in [0, 0.05) is 10.6 Å². The van der Waals surface area contributed by atoms with Crippen LogP contribution < -0.4 is 0 Å². The Balaban J connectivity index is 2.48. The fourth-order valence-electron chi connectivity index (χ4n) is 1.32. The predicted molar refractivity (Wildman–Crippen MR) is 62.4 cm³/mol. The minimum Gasteiger partial charge on any atom is -0.218 e. The summed E-state index contributed by atoms with van der Waals surface area (Å²) in [5, 5.41) is 0.357. The molecule has 0 saturated carbocycles. The number of benzene rings is 1. The van der Waals surface area contributed by atoms with E-state index in [0.717, 1.165) is 0 Å². The van der Waals surface area contributed by atoms with Crippen molar-refractivity contribution in [1.29, 1.82) is 0 Å². The molecule has 0 radical (unpaired) electrons. The highest BCUT2D eigenvalue weighted by Gasteiger charge is 2.13. The molecule has 1 aromatic carbocycles. The standard InChI is InChI=1S/C11H6Cl2F2N2/c12-7-3-1-6(2-4-7)8-5-9(10(14)15)17-11(13)16-8/h1-5,10H. The Bertz CT molecular complexity index is 529. The molecule has 0 fully saturated rings. The molecule has 1 aromatic heterocycles. The van der Waals surface area contributed by atoms with Gasteiger partial charge >= 0.3 is 0 Å². The highest BCUT2D eigenvalue weighted by atomic mass is 35.5. The van der Waals surface area contributed by atoms with E-state index < -0.39 is 12.1 Å². The van der Waals surface area contributed by atoms with Crippen LogP contribution in [-0.4, -0.2) is 9.97 Å². The van der Waals surface area contributed by atoms with Crippen molar-refractivity contribution in [3.63, 3.8) is 0 Å². The average Bonchev–Trinajstić information content (AvgIpc) is 2.29. The SMILES string of the molecule is FC(F)c1cc(-c2ccc(Cl)cc2)nc(Cl)n1. The van der Waals surface area contributed by atoms with Crippen molar-refractivity contribution in [3.8, 4) is 11.3 Å². The Morgan fingerprint density at radius 3 is 2.24 bits per heavy atom. The van der Waals surface area contributed by atoms with Crippen molar-refractivity contribution in [2.24, 2.45) is 0 Å². The molecule has 0 aliphatic carbocycles. The Kier molecular flexibility index (Phi) is 3.54. The summed E-state index contributed by atoms with van der Waals surface area (Å²) in [6.45, 7) is 0. The smallest absolute Gasteiger partial charge is 0.218 e. The number of nitrogens with zero attached hydrogens (tertiary/aromatic N) is 2. The lowest BCUT2D eigenvalue weighted by Crippen LogP contribution is -1.95. The second-order valence-electron chi connectivity index (χ2n) is 3.25. The Morgan fingerprint density at radius 1 is 1.00 bits per heavy atom. The van der Waals surface area contributed by atoms with Gasteiger partial charge in [0.05, 0.1) is 5.69 Å². The zero-order chi connectivity index (χ0) is 12.4. The second-order valence-corrected chi connectivity index (χ2v) is 4.03. The molecule has 0 amide bonds. The van der Waals surface area contributed by atoms with Crippen LogP contribution in [0.1, 0.15) is 12.1 Å². The first-order chi connectivity index (χ1) is 8.06. The lowest BCUT2D eigenvalue weighted by Gasteiger charge is -2.04. The third kappa shape index (κ3) is 2.90. The Morgan fingerprint density at radius 2 is 1.65 bits per heavy atom. The molecule has 2 rings (SSSR count). The first kappa shape index (κ1) is 12.2. The predicted octanol–water partition coefficient (Wildman–Crippen LogP) is 4.39. The first-order valence-electron chi connectivity index (χ1n) is 4.65. The molecule has 0 bridgehead atoms. The summed E-state index contributed by atoms with van der Waals surface area (Å²) < 4.78 is 25.1. The number of aromatic nitrogens is 2. The largest absolute Gasteiger partial charge is 0.280 e. The fourth-order valence-corrected chi connectivity index (χ4v) is 1.63. The van der Waals surface area contributed by atoms with Crippen molar-refractivity contribution in [1.82, 2.24) is 9.97 Å². The van der Waals surface area contributed by atoms with Crippen LogP contribution in [-0.2, 0) is 0 Å². The molecule has 0 aliphatic heterocycles. The summed E-state index contributed by atoms with van der Waals surface area (Å²) in [4.78, 5) is 7.35. The molecule has 0 atom stereocenters. The minimum absolute atomic E-state index is 0.201. The van der Waals surface area contributed by atoms with Crippen LogP contribution in [0.4, 0.5) is 8.78 Å². The van der Waals surface area contributed by atoms with Crippen molar-refractivity contribution in [2.75, 3.05) is 0 Å². The van der Waals surface area contributed by atoms with Gasteiger partial charge in [-0.3, -0.25) is 0 Å². The topological polar surface area (TPSA) is 25.8 Å². The molecule has 6 heteroatoms. The number of halogens is 4. The second kappa shape index (κ2) is 4.94. The van der Waals surface area contributed by atoms with Gasteiger partial charge in [0.15, 0.2) is 0 Å². The van der Waals surface area contributed by atoms with E-state index in [1.165, 1.54) is 6.07 Å². The van der Waals surface area contributed by atoms with Gasteiger partial charge in [0.1, 0.15) is 5.69 Å². The Labute approximate surface area is 106 Å². The van der Waals surface area contributed by atoms with Gasteiger partial charge < -0.3 is 0 Å². The van der Waals surface area contributed by atoms with Gasteiger partial charge in [-0.15, -0.1) is 0 Å². The molecule has 0 N–H and O–H groups in total. The van der Waals surface area contributed by atoms with Gasteiger partial charge in [0.25, 0.3) is 6.43 Å². The maximum Gasteiger partial charge on any atom is 0.280 e. The summed E-state index contributed by atoms with van der Waals surface area (Å²) in [5.74, 6) is 0. The molecule has 0 spiro atoms. The summed E-state index contributed by atoms with van der Waals surface area (Å²) in [6, 6.07) is 7.86. The molecule has 0 aliphatic rings. The van der Waals surface area contributed by atoms with E-state index >= 15 is 0 Å². The maximum absolute atomic E-state index is 12.5. The van der Waals surface area contributed by atoms with E-state index in [0.29, 0.717) is 16.3 Å². The highest BCUT2D eigenvalue weighted by Crippen LogP contribution is 2.25. The summed E-state index contributed by atoms with van der Waals surface area (Å²) in [6.07, 6.45) is -2.68. The van der Waals surface area contributed by atoms with Gasteiger partial charge in [-0.2, -0.15) is 0 Å². The van der Waals surface area contributed by atoms with Gasteiger partial charge in [0.2, 0.25) is 5.28 Å². The lowest BCUT2D eigenvalue weighted by atomic mass is 10.1. The van der Waals surface area contributed by atoms with Crippen molar-refractivity contribution in [3.05, 3.63) is 46.3 Å². The fraction of sp³-hybridized carbons (Fsp3) is 0.0909. The quantitative estimate of drug-likeness (QED) is 0.760. The van der Waals surface area contributed by atoms with Crippen LogP contribution in [0.2, 0.25) is 10.3 Å². The van der Waals surface area contributed by atoms with Crippen molar-refractivity contribution >= 4 is 23.2 Å². The number of hydrogen-bond donors (Lipinski definition) is 0. The van der Waals surface area contributed by atoms with Gasteiger partial charge in [-0.1, -0.05) is 23.7 Å². The molecule has 17 heavy (non-hydrogen) atoms. The van der Waals surface area contributed by atoms with Crippen LogP contribution in [0.25, 0.3) is 11.3 Å². The zero-order valence-corrected chi connectivity index (χ0v) is 9.88. The lowest BCUT2D eigenvalue weighted by molar-refractivity contribution is 0.146. The van der Waals surface area contributed by atoms with Crippen LogP contribution in [0.15, 0.2) is 30.3 Å². The molecule has 2 nitrogen and oxygen atoms in total. The number of hydrogen-bond acceptors (Lipinski definition) is 2. The first-order valence-corrected chi connectivity index (χ1v) is 5.40. The molecular weight excluding hydrogens is 269 g/mol. The minimum atomic E-state index is -2.68. The van der Waals surface area contributed by atoms with Gasteiger partial charge in [-0.25, -0.2) is 18.7 Å². The summed E-state index contributed by atoms with van der Waals surface area (Å²) >= 11 is 11.3. The van der Waals surface area contributed by atoms with Crippen LogP contribution in [0.5, 0.6) is 0 Å². The van der Waals surface area contributed by atoms with Crippen molar-refractivity contribution < 1.29 is 8.78 Å². The van der Waals surface area contributed by atoms with E-state index in [9.17, 15) is 8.78 Å². The molecular formula is C11H6Cl2F2N2. The monoisotopic (exact) mass is 274 g/mol. The summed E-state index contributed by atoms with van der Waals surface area (Å²) in [5.41, 5.74) is 0.604. The van der Waals surface area contributed by atoms with Crippen LogP contribution in [0, 0.1) is 0 Å². The van der Waals surface area contributed by atoms with E-state index in [-0.39, 0.29) is 5.28 Å². The van der Waals surface area contributed by atoms with Crippen LogP contribution >= 0.6 is 23.2 Å². The molecule has 0 saturated heterocycles. The number of rotatable bonds is 2. The maximum atomic E-state index is 12.5. The average molecular weight is 275 g/mol. The highest BCUT2D eigenvalue weighted by molar-refractivity contribution is 6.30. The Hall–Kier alpha value is -1.26.